The van der Waals surface area contributed by atoms with Crippen LogP contribution in [0.25, 0.3) is 17.2 Å². The first-order valence-corrected chi connectivity index (χ1v) is 9.93. The molecule has 0 spiro atoms. The molecular formula is C26H33. The van der Waals surface area contributed by atoms with Gasteiger partial charge in [0.25, 0.3) is 0 Å². The first-order chi connectivity index (χ1) is 12.1. The fourth-order valence-corrected chi connectivity index (χ4v) is 3.86. The minimum absolute atomic E-state index is 0.112. The van der Waals surface area contributed by atoms with Gasteiger partial charge in [-0.1, -0.05) is 90.4 Å². The van der Waals surface area contributed by atoms with Gasteiger partial charge in [0.15, 0.2) is 0 Å². The topological polar surface area (TPSA) is 0 Å². The molecule has 0 nitrogen and oxygen atoms in total. The molecule has 0 heteroatoms. The van der Waals surface area contributed by atoms with Gasteiger partial charge in [0, 0.05) is 6.42 Å². The fraction of sp³-hybridized carbons (Fsp3) is 0.423. The van der Waals surface area contributed by atoms with E-state index in [0.717, 1.165) is 0 Å². The van der Waals surface area contributed by atoms with Crippen molar-refractivity contribution in [2.24, 2.45) is 0 Å². The summed E-state index contributed by atoms with van der Waals surface area (Å²) in [4.78, 5) is 0. The summed E-state index contributed by atoms with van der Waals surface area (Å²) in [6.07, 6.45) is 4.66. The van der Waals surface area contributed by atoms with Crippen LogP contribution in [0.3, 0.4) is 0 Å². The van der Waals surface area contributed by atoms with E-state index in [1.807, 2.05) is 0 Å². The monoisotopic (exact) mass is 345 g/mol. The van der Waals surface area contributed by atoms with Gasteiger partial charge in [0.05, 0.1) is 0 Å². The zero-order valence-corrected chi connectivity index (χ0v) is 17.7. The second-order valence-electron chi connectivity index (χ2n) is 9.47. The van der Waals surface area contributed by atoms with Gasteiger partial charge in [0.1, 0.15) is 0 Å². The van der Waals surface area contributed by atoms with E-state index in [0.29, 0.717) is 11.8 Å². The maximum Gasteiger partial charge on any atom is 0.0161 e. The van der Waals surface area contributed by atoms with E-state index in [-0.39, 0.29) is 5.41 Å². The van der Waals surface area contributed by atoms with E-state index in [9.17, 15) is 0 Å². The molecule has 0 N–H and O–H groups in total. The van der Waals surface area contributed by atoms with Gasteiger partial charge in [-0.3, -0.25) is 0 Å². The maximum atomic E-state index is 2.42. The zero-order valence-electron chi connectivity index (χ0n) is 17.7. The number of rotatable bonds is 3. The van der Waals surface area contributed by atoms with Crippen molar-refractivity contribution >= 4 is 6.08 Å². The van der Waals surface area contributed by atoms with Gasteiger partial charge in [-0.05, 0) is 63.1 Å². The van der Waals surface area contributed by atoms with Gasteiger partial charge in [-0.25, -0.2) is 0 Å². The lowest BCUT2D eigenvalue weighted by Gasteiger charge is -2.26. The molecule has 0 fully saturated rings. The van der Waals surface area contributed by atoms with Crippen molar-refractivity contribution < 1.29 is 0 Å². The van der Waals surface area contributed by atoms with Crippen molar-refractivity contribution in [1.29, 1.82) is 0 Å². The van der Waals surface area contributed by atoms with E-state index in [1.165, 1.54) is 44.5 Å². The molecular weight excluding hydrogens is 312 g/mol. The Bertz CT molecular complexity index is 828. The summed E-state index contributed by atoms with van der Waals surface area (Å²) in [5, 5.41) is 0. The Labute approximate surface area is 160 Å². The van der Waals surface area contributed by atoms with Crippen molar-refractivity contribution in [3.05, 3.63) is 70.1 Å². The molecule has 2 aromatic carbocycles. The summed E-state index contributed by atoms with van der Waals surface area (Å²) in [6, 6.07) is 11.9. The molecule has 0 unspecified atom stereocenters. The summed E-state index contributed by atoms with van der Waals surface area (Å²) in [7, 11) is 0. The molecule has 0 bridgehead atoms. The summed E-state index contributed by atoms with van der Waals surface area (Å²) in [5.74, 6) is 1.07. The maximum absolute atomic E-state index is 2.42. The molecule has 2 aromatic rings. The Morgan fingerprint density at radius 3 is 1.88 bits per heavy atom. The average Bonchev–Trinajstić information content (AvgIpc) is 2.92. The average molecular weight is 346 g/mol. The molecule has 1 aliphatic rings. The number of allylic oxidation sites excluding steroid dienone is 1. The van der Waals surface area contributed by atoms with E-state index in [1.54, 1.807) is 0 Å². The lowest BCUT2D eigenvalue weighted by atomic mass is 9.78. The van der Waals surface area contributed by atoms with Gasteiger partial charge in [-0.2, -0.15) is 0 Å². The van der Waals surface area contributed by atoms with E-state index >= 15 is 0 Å². The van der Waals surface area contributed by atoms with Crippen LogP contribution >= 0.6 is 0 Å². The van der Waals surface area contributed by atoms with Crippen molar-refractivity contribution in [3.63, 3.8) is 0 Å². The number of fused-ring (bicyclic) bond motifs is 1. The molecule has 3 rings (SSSR count). The molecule has 0 aliphatic heterocycles. The molecule has 26 heavy (non-hydrogen) atoms. The van der Waals surface area contributed by atoms with Crippen molar-refractivity contribution in [1.82, 2.24) is 0 Å². The molecule has 0 saturated heterocycles. The largest absolute Gasteiger partial charge is 0.0642 e. The van der Waals surface area contributed by atoms with Gasteiger partial charge < -0.3 is 0 Å². The second kappa shape index (κ2) is 6.72. The molecule has 0 saturated carbocycles. The lowest BCUT2D eigenvalue weighted by molar-refractivity contribution is 0.592. The van der Waals surface area contributed by atoms with Crippen molar-refractivity contribution in [2.45, 2.75) is 72.6 Å². The van der Waals surface area contributed by atoms with Crippen LogP contribution in [0.15, 0.2) is 35.9 Å². The molecule has 1 radical (unpaired) electrons. The molecule has 0 heterocycles. The van der Waals surface area contributed by atoms with Crippen LogP contribution in [0.1, 0.15) is 95.0 Å². The Balaban J connectivity index is 2.35. The SMILES string of the molecule is CC1=Cc2c(ccc(C(C)(C)C)c2-c2cc(C(C)C)cc(C(C)C)c2)[CH]1. The van der Waals surface area contributed by atoms with Crippen LogP contribution in [-0.4, -0.2) is 0 Å². The number of hydrogen-bond acceptors (Lipinski definition) is 0. The second-order valence-corrected chi connectivity index (χ2v) is 9.47. The molecule has 137 valence electrons. The third-order valence-electron chi connectivity index (χ3n) is 5.44. The minimum atomic E-state index is 0.112. The Morgan fingerprint density at radius 1 is 0.808 bits per heavy atom. The number of benzene rings is 2. The fourth-order valence-electron chi connectivity index (χ4n) is 3.86. The van der Waals surface area contributed by atoms with E-state index < -0.39 is 0 Å². The summed E-state index contributed by atoms with van der Waals surface area (Å²) >= 11 is 0. The normalized spacial score (nSPS) is 14.2. The first-order valence-electron chi connectivity index (χ1n) is 9.93. The summed E-state index contributed by atoms with van der Waals surface area (Å²) in [5.41, 5.74) is 11.3. The summed E-state index contributed by atoms with van der Waals surface area (Å²) < 4.78 is 0. The van der Waals surface area contributed by atoms with E-state index in [2.05, 4.69) is 98.2 Å². The van der Waals surface area contributed by atoms with Gasteiger partial charge >= 0.3 is 0 Å². The van der Waals surface area contributed by atoms with Crippen molar-refractivity contribution in [2.75, 3.05) is 0 Å². The molecule has 0 aromatic heterocycles. The third-order valence-corrected chi connectivity index (χ3v) is 5.44. The quantitative estimate of drug-likeness (QED) is 0.531. The van der Waals surface area contributed by atoms with Crippen LogP contribution in [0.2, 0.25) is 0 Å². The van der Waals surface area contributed by atoms with Crippen LogP contribution in [0, 0.1) is 6.42 Å². The summed E-state index contributed by atoms with van der Waals surface area (Å²) in [6.45, 7) is 18.3. The highest BCUT2D eigenvalue weighted by molar-refractivity contribution is 5.86. The van der Waals surface area contributed by atoms with Crippen LogP contribution in [-0.2, 0) is 5.41 Å². The Morgan fingerprint density at radius 2 is 1.38 bits per heavy atom. The number of hydrogen-bond donors (Lipinski definition) is 0. The zero-order chi connectivity index (χ0) is 19.2. The molecule has 0 atom stereocenters. The van der Waals surface area contributed by atoms with Gasteiger partial charge in [0.2, 0.25) is 0 Å². The van der Waals surface area contributed by atoms with Crippen LogP contribution in [0.4, 0.5) is 0 Å². The molecule has 0 amide bonds. The highest BCUT2D eigenvalue weighted by atomic mass is 14.3. The molecule has 1 aliphatic carbocycles. The highest BCUT2D eigenvalue weighted by Gasteiger charge is 2.25. The minimum Gasteiger partial charge on any atom is -0.0642 e. The Kier molecular flexibility index (Phi) is 4.90. The predicted molar refractivity (Wildman–Crippen MR) is 116 cm³/mol. The third kappa shape index (κ3) is 3.52. The van der Waals surface area contributed by atoms with Crippen LogP contribution in [0.5, 0.6) is 0 Å². The lowest BCUT2D eigenvalue weighted by Crippen LogP contribution is -2.14. The van der Waals surface area contributed by atoms with E-state index in [4.69, 9.17) is 0 Å². The Hall–Kier alpha value is -1.82. The van der Waals surface area contributed by atoms with Crippen LogP contribution < -0.4 is 0 Å². The van der Waals surface area contributed by atoms with Crippen molar-refractivity contribution in [3.8, 4) is 11.1 Å². The predicted octanol–water partition coefficient (Wildman–Crippen LogP) is 7.87. The first kappa shape index (κ1) is 19.0. The van der Waals surface area contributed by atoms with Gasteiger partial charge in [-0.15, -0.1) is 0 Å². The standard InChI is InChI=1S/C26H33/c1-16(2)20-13-21(17(3)4)15-22(14-20)25-23-12-18(5)11-19(23)9-10-24(25)26(6,7)8/h9-17H,1-8H3. The highest BCUT2D eigenvalue weighted by Crippen LogP contribution is 2.43. The smallest absolute Gasteiger partial charge is 0.0161 e.